The van der Waals surface area contributed by atoms with E-state index in [1.54, 1.807) is 6.92 Å². The van der Waals surface area contributed by atoms with Crippen molar-refractivity contribution in [2.75, 3.05) is 7.11 Å². The number of fused-ring (bicyclic) bond motifs is 1. The van der Waals surface area contributed by atoms with Crippen molar-refractivity contribution in [3.8, 4) is 5.75 Å². The van der Waals surface area contributed by atoms with Gasteiger partial charge in [0.1, 0.15) is 11.3 Å². The molecule has 142 valence electrons. The highest BCUT2D eigenvalue weighted by Crippen LogP contribution is 2.30. The van der Waals surface area contributed by atoms with E-state index in [0.29, 0.717) is 16.9 Å². The van der Waals surface area contributed by atoms with Crippen LogP contribution >= 0.6 is 0 Å². The summed E-state index contributed by atoms with van der Waals surface area (Å²) in [5.41, 5.74) is 2.65. The number of rotatable bonds is 8. The molecule has 26 heavy (non-hydrogen) atoms. The van der Waals surface area contributed by atoms with Gasteiger partial charge in [0, 0.05) is 16.5 Å². The molecule has 0 aliphatic heterocycles. The van der Waals surface area contributed by atoms with E-state index in [2.05, 4.69) is 11.7 Å². The Balaban J connectivity index is 2.36. The van der Waals surface area contributed by atoms with Gasteiger partial charge in [-0.15, -0.1) is 0 Å². The van der Waals surface area contributed by atoms with E-state index in [1.807, 2.05) is 26.0 Å². The average molecular weight is 360 g/mol. The lowest BCUT2D eigenvalue weighted by atomic mass is 9.99. The first-order chi connectivity index (χ1) is 12.4. The molecule has 1 heterocycles. The van der Waals surface area contributed by atoms with E-state index in [4.69, 9.17) is 9.15 Å². The molecule has 1 aromatic heterocycles. The fourth-order valence-corrected chi connectivity index (χ4v) is 3.12. The number of hydrogen-bond acceptors (Lipinski definition) is 5. The Hall–Kier alpha value is -2.30. The predicted octanol–water partition coefficient (Wildman–Crippen LogP) is 4.47. The Morgan fingerprint density at radius 3 is 2.54 bits per heavy atom. The lowest BCUT2D eigenvalue weighted by Gasteiger charge is -2.16. The van der Waals surface area contributed by atoms with Crippen LogP contribution in [-0.2, 0) is 16.0 Å². The van der Waals surface area contributed by atoms with Crippen molar-refractivity contribution in [3.63, 3.8) is 0 Å². The molecule has 0 aliphatic rings. The molecule has 0 unspecified atom stereocenters. The zero-order valence-corrected chi connectivity index (χ0v) is 16.3. The van der Waals surface area contributed by atoms with Crippen LogP contribution in [0.1, 0.15) is 56.2 Å². The van der Waals surface area contributed by atoms with Gasteiger partial charge in [-0.2, -0.15) is 0 Å². The summed E-state index contributed by atoms with van der Waals surface area (Å²) < 4.78 is 16.0. The lowest BCUT2D eigenvalue weighted by Crippen LogP contribution is -2.25. The second kappa shape index (κ2) is 8.88. The van der Waals surface area contributed by atoms with E-state index in [1.165, 1.54) is 13.5 Å². The molecular weight excluding hydrogens is 332 g/mol. The van der Waals surface area contributed by atoms with Crippen LogP contribution in [0, 0.1) is 13.8 Å². The summed E-state index contributed by atoms with van der Waals surface area (Å²) in [6, 6.07) is 3.69. The molecule has 1 aromatic carbocycles. The second-order valence-electron chi connectivity index (χ2n) is 6.65. The molecule has 2 rings (SSSR count). The summed E-state index contributed by atoms with van der Waals surface area (Å²) in [5.74, 6) is 0.0539. The van der Waals surface area contributed by atoms with E-state index >= 15 is 0 Å². The Labute approximate surface area is 154 Å². The number of benzene rings is 1. The number of carbonyl (C=O) groups is 1. The molecule has 0 amide bonds. The Morgan fingerprint density at radius 1 is 1.15 bits per heavy atom. The van der Waals surface area contributed by atoms with E-state index in [0.717, 1.165) is 42.2 Å². The van der Waals surface area contributed by atoms with Crippen molar-refractivity contribution in [2.45, 2.75) is 65.9 Å². The number of aryl methyl sites for hydroxylation is 2. The number of ether oxygens (including phenoxy) is 2. The number of hydrogen-bond donors (Lipinski definition) is 0. The molecule has 0 spiro atoms. The highest BCUT2D eigenvalue weighted by Gasteiger charge is 2.19. The van der Waals surface area contributed by atoms with Gasteiger partial charge in [-0.1, -0.05) is 26.2 Å². The third-order valence-electron chi connectivity index (χ3n) is 4.77. The Morgan fingerprint density at radius 2 is 1.88 bits per heavy atom. The summed E-state index contributed by atoms with van der Waals surface area (Å²) in [6.07, 6.45) is 4.45. The maximum atomic E-state index is 12.5. The van der Waals surface area contributed by atoms with Crippen LogP contribution in [0.3, 0.4) is 0 Å². The molecule has 0 radical (unpaired) electrons. The third kappa shape index (κ3) is 4.26. The molecule has 1 atom stereocenters. The average Bonchev–Trinajstić information content (AvgIpc) is 2.63. The summed E-state index contributed by atoms with van der Waals surface area (Å²) in [6.45, 7) is 7.58. The Kier molecular flexibility index (Phi) is 6.83. The third-order valence-corrected chi connectivity index (χ3v) is 4.77. The zero-order valence-electron chi connectivity index (χ0n) is 16.3. The molecule has 0 saturated heterocycles. The van der Waals surface area contributed by atoms with Crippen molar-refractivity contribution >= 4 is 16.9 Å². The highest BCUT2D eigenvalue weighted by molar-refractivity contribution is 5.85. The molecule has 5 nitrogen and oxygen atoms in total. The minimum atomic E-state index is -0.734. The lowest BCUT2D eigenvalue weighted by molar-refractivity contribution is -0.147. The van der Waals surface area contributed by atoms with E-state index < -0.39 is 12.1 Å². The first-order valence-electron chi connectivity index (χ1n) is 9.21. The molecule has 0 saturated carbocycles. The first kappa shape index (κ1) is 20.0. The molecule has 5 heteroatoms. The van der Waals surface area contributed by atoms with Crippen molar-refractivity contribution in [3.05, 3.63) is 39.2 Å². The van der Waals surface area contributed by atoms with Crippen molar-refractivity contribution in [1.82, 2.24) is 0 Å². The largest absolute Gasteiger partial charge is 0.479 e. The smallest absolute Gasteiger partial charge is 0.346 e. The van der Waals surface area contributed by atoms with Gasteiger partial charge in [-0.25, -0.2) is 9.59 Å². The van der Waals surface area contributed by atoms with Gasteiger partial charge in [-0.05, 0) is 51.3 Å². The van der Waals surface area contributed by atoms with Gasteiger partial charge in [0.2, 0.25) is 0 Å². The SMILES string of the molecule is CCCCCCc1c(C)c2ccc(O[C@H](C)C(=O)OC)c(C)c2oc1=O. The fraction of sp³-hybridized carbons (Fsp3) is 0.524. The minimum absolute atomic E-state index is 0.284. The van der Waals surface area contributed by atoms with Gasteiger partial charge >= 0.3 is 11.6 Å². The van der Waals surface area contributed by atoms with Gasteiger partial charge in [0.05, 0.1) is 7.11 Å². The number of unbranched alkanes of at least 4 members (excludes halogenated alkanes) is 3. The van der Waals surface area contributed by atoms with Gasteiger partial charge < -0.3 is 13.9 Å². The predicted molar refractivity (Wildman–Crippen MR) is 102 cm³/mol. The van der Waals surface area contributed by atoms with Crippen LogP contribution in [0.5, 0.6) is 5.75 Å². The zero-order chi connectivity index (χ0) is 19.3. The van der Waals surface area contributed by atoms with Crippen LogP contribution in [0.15, 0.2) is 21.3 Å². The van der Waals surface area contributed by atoms with Crippen molar-refractivity contribution in [1.29, 1.82) is 0 Å². The fourth-order valence-electron chi connectivity index (χ4n) is 3.12. The first-order valence-corrected chi connectivity index (χ1v) is 9.21. The molecule has 0 N–H and O–H groups in total. The summed E-state index contributed by atoms with van der Waals surface area (Å²) in [7, 11) is 1.32. The van der Waals surface area contributed by atoms with Gasteiger partial charge in [0.15, 0.2) is 6.10 Å². The van der Waals surface area contributed by atoms with E-state index in [-0.39, 0.29) is 5.63 Å². The van der Waals surface area contributed by atoms with Crippen LogP contribution in [0.2, 0.25) is 0 Å². The number of carbonyl (C=O) groups excluding carboxylic acids is 1. The minimum Gasteiger partial charge on any atom is -0.479 e. The molecule has 0 bridgehead atoms. The highest BCUT2D eigenvalue weighted by atomic mass is 16.6. The van der Waals surface area contributed by atoms with Gasteiger partial charge in [0.25, 0.3) is 0 Å². The maximum Gasteiger partial charge on any atom is 0.346 e. The van der Waals surface area contributed by atoms with Crippen molar-refractivity contribution < 1.29 is 18.7 Å². The van der Waals surface area contributed by atoms with Crippen molar-refractivity contribution in [2.24, 2.45) is 0 Å². The van der Waals surface area contributed by atoms with Crippen LogP contribution in [0.4, 0.5) is 0 Å². The normalized spacial score (nSPS) is 12.2. The standard InChI is InChI=1S/C21H28O5/c1-6-7-8-9-10-17-13(2)16-11-12-18(25-15(4)20(22)24-5)14(3)19(16)26-21(17)23/h11-12,15H,6-10H2,1-5H3/t15-/m1/s1. The maximum absolute atomic E-state index is 12.5. The summed E-state index contributed by atoms with van der Waals surface area (Å²) in [5, 5.41) is 0.908. The molecule has 2 aromatic rings. The quantitative estimate of drug-likeness (QED) is 0.395. The molecule has 0 aliphatic carbocycles. The van der Waals surface area contributed by atoms with Gasteiger partial charge in [-0.3, -0.25) is 0 Å². The second-order valence-corrected chi connectivity index (χ2v) is 6.65. The monoisotopic (exact) mass is 360 g/mol. The number of methoxy groups -OCH3 is 1. The molecule has 0 fully saturated rings. The van der Waals surface area contributed by atoms with Crippen LogP contribution in [0.25, 0.3) is 11.0 Å². The summed E-state index contributed by atoms with van der Waals surface area (Å²) >= 11 is 0. The van der Waals surface area contributed by atoms with Crippen LogP contribution < -0.4 is 10.4 Å². The summed E-state index contributed by atoms with van der Waals surface area (Å²) in [4.78, 5) is 24.0. The topological polar surface area (TPSA) is 65.7 Å². The Bertz CT molecular complexity index is 834. The molecular formula is C21H28O5. The number of esters is 1. The van der Waals surface area contributed by atoms with Crippen LogP contribution in [-0.4, -0.2) is 19.2 Å². The van der Waals surface area contributed by atoms with E-state index in [9.17, 15) is 9.59 Å².